The van der Waals surface area contributed by atoms with Gasteiger partial charge in [0.1, 0.15) is 0 Å². The van der Waals surface area contributed by atoms with E-state index in [9.17, 15) is 0 Å². The lowest BCUT2D eigenvalue weighted by Crippen LogP contribution is -2.26. The van der Waals surface area contributed by atoms with Crippen molar-refractivity contribution in [1.82, 2.24) is 9.13 Å². The molecule has 10 aromatic carbocycles. The predicted molar refractivity (Wildman–Crippen MR) is 291 cm³/mol. The van der Waals surface area contributed by atoms with Crippen molar-refractivity contribution in [3.8, 4) is 33.6 Å². The fourth-order valence-electron chi connectivity index (χ4n) is 12.9. The number of fused-ring (bicyclic) bond motifs is 16. The normalized spacial score (nSPS) is 15.1. The average Bonchev–Trinajstić information content (AvgIpc) is 4.15. The topological polar surface area (TPSA) is 13.1 Å². The van der Waals surface area contributed by atoms with E-state index < -0.39 is 5.41 Å². The number of aromatic nitrogens is 2. The minimum atomic E-state index is -0.455. The van der Waals surface area contributed by atoms with E-state index in [1.54, 1.807) is 0 Å². The summed E-state index contributed by atoms with van der Waals surface area (Å²) in [6.07, 6.45) is 8.18. The number of anilines is 2. The molecule has 0 aliphatic heterocycles. The van der Waals surface area contributed by atoms with Crippen LogP contribution in [0.5, 0.6) is 0 Å². The Morgan fingerprint density at radius 3 is 1.53 bits per heavy atom. The summed E-state index contributed by atoms with van der Waals surface area (Å²) in [5.74, 6) is 0.227. The van der Waals surface area contributed by atoms with Gasteiger partial charge in [-0.1, -0.05) is 188 Å². The minimum absolute atomic E-state index is 0.227. The maximum Gasteiger partial charge on any atom is 0.0726 e. The van der Waals surface area contributed by atoms with Crippen molar-refractivity contribution in [1.29, 1.82) is 0 Å². The van der Waals surface area contributed by atoms with Crippen molar-refractivity contribution in [3.05, 3.63) is 288 Å². The Balaban J connectivity index is 0.920. The van der Waals surface area contributed by atoms with E-state index in [4.69, 9.17) is 0 Å². The average molecular weight is 892 g/mol. The third-order valence-electron chi connectivity index (χ3n) is 15.7. The van der Waals surface area contributed by atoms with Crippen molar-refractivity contribution in [2.75, 3.05) is 4.90 Å². The van der Waals surface area contributed by atoms with E-state index in [0.717, 1.165) is 17.8 Å². The number of allylic oxidation sites excluding steroid dienone is 3. The zero-order chi connectivity index (χ0) is 45.9. The molecule has 0 N–H and O–H groups in total. The van der Waals surface area contributed by atoms with E-state index in [2.05, 4.69) is 269 Å². The van der Waals surface area contributed by atoms with Crippen molar-refractivity contribution >= 4 is 55.0 Å². The van der Waals surface area contributed by atoms with E-state index in [1.165, 1.54) is 111 Å². The Morgan fingerprint density at radius 1 is 0.386 bits per heavy atom. The Morgan fingerprint density at radius 2 is 0.871 bits per heavy atom. The predicted octanol–water partition coefficient (Wildman–Crippen LogP) is 17.0. The Bertz CT molecular complexity index is 4060. The van der Waals surface area contributed by atoms with Crippen LogP contribution in [0.1, 0.15) is 40.2 Å². The van der Waals surface area contributed by atoms with Gasteiger partial charge in [-0.25, -0.2) is 0 Å². The Hall–Kier alpha value is -8.92. The molecule has 3 aliphatic rings. The third kappa shape index (κ3) is 5.35. The van der Waals surface area contributed by atoms with Crippen LogP contribution < -0.4 is 4.90 Å². The molecular formula is C67H45N3. The lowest BCUT2D eigenvalue weighted by Gasteiger charge is -2.33. The van der Waals surface area contributed by atoms with E-state index in [0.29, 0.717) is 0 Å². The van der Waals surface area contributed by atoms with E-state index in [1.807, 2.05) is 0 Å². The molecule has 0 saturated carbocycles. The van der Waals surface area contributed by atoms with Gasteiger partial charge in [-0.2, -0.15) is 0 Å². The first-order chi connectivity index (χ1) is 34.8. The van der Waals surface area contributed by atoms with Crippen molar-refractivity contribution in [2.45, 2.75) is 17.8 Å². The van der Waals surface area contributed by atoms with Gasteiger partial charge in [0.05, 0.1) is 38.9 Å². The molecule has 3 nitrogen and oxygen atoms in total. The van der Waals surface area contributed by atoms with Crippen LogP contribution in [-0.2, 0) is 5.41 Å². The van der Waals surface area contributed by atoms with Gasteiger partial charge in [0.2, 0.25) is 0 Å². The second-order valence-corrected chi connectivity index (χ2v) is 19.1. The van der Waals surface area contributed by atoms with Crippen LogP contribution in [0.3, 0.4) is 0 Å². The summed E-state index contributed by atoms with van der Waals surface area (Å²) in [5.41, 5.74) is 22.1. The van der Waals surface area contributed by atoms with Crippen LogP contribution in [-0.4, -0.2) is 9.13 Å². The molecular weight excluding hydrogens is 847 g/mol. The molecule has 2 heterocycles. The summed E-state index contributed by atoms with van der Waals surface area (Å²) in [5, 5.41) is 5.02. The van der Waals surface area contributed by atoms with Gasteiger partial charge in [0.25, 0.3) is 0 Å². The summed E-state index contributed by atoms with van der Waals surface area (Å²) >= 11 is 0. The SMILES string of the molecule is C1=CC(c2ccc(-n3c4ccccc4c4ccccc43)cc2)CC=C1N(c1cccc2c1-c1ccccc1C21c2ccccc2-c2ccccc21)c1cccc2c1c1ccccc1n2-c1ccccc1. The highest BCUT2D eigenvalue weighted by Crippen LogP contribution is 2.64. The monoisotopic (exact) mass is 891 g/mol. The molecule has 3 aliphatic carbocycles. The van der Waals surface area contributed by atoms with Crippen LogP contribution in [0.25, 0.3) is 77.2 Å². The second-order valence-electron chi connectivity index (χ2n) is 19.1. The third-order valence-corrected chi connectivity index (χ3v) is 15.7. The van der Waals surface area contributed by atoms with Crippen molar-refractivity contribution in [3.63, 3.8) is 0 Å². The van der Waals surface area contributed by atoms with Gasteiger partial charge in [-0.05, 0) is 118 Å². The van der Waals surface area contributed by atoms with Gasteiger partial charge in [0, 0.05) is 50.1 Å². The maximum atomic E-state index is 2.59. The molecule has 15 rings (SSSR count). The lowest BCUT2D eigenvalue weighted by molar-refractivity contribution is 0.793. The largest absolute Gasteiger partial charge is 0.309 e. The van der Waals surface area contributed by atoms with Crippen LogP contribution in [0.15, 0.2) is 261 Å². The van der Waals surface area contributed by atoms with Crippen LogP contribution in [0.2, 0.25) is 0 Å². The van der Waals surface area contributed by atoms with Crippen LogP contribution in [0.4, 0.5) is 11.4 Å². The first-order valence-electron chi connectivity index (χ1n) is 24.5. The van der Waals surface area contributed by atoms with Gasteiger partial charge < -0.3 is 14.0 Å². The molecule has 70 heavy (non-hydrogen) atoms. The molecule has 0 bridgehead atoms. The van der Waals surface area contributed by atoms with Gasteiger partial charge >= 0.3 is 0 Å². The lowest BCUT2D eigenvalue weighted by atomic mass is 9.70. The number of nitrogens with zero attached hydrogens (tertiary/aromatic N) is 3. The fourth-order valence-corrected chi connectivity index (χ4v) is 12.9. The number of rotatable bonds is 6. The zero-order valence-electron chi connectivity index (χ0n) is 38.4. The van der Waals surface area contributed by atoms with E-state index in [-0.39, 0.29) is 5.92 Å². The van der Waals surface area contributed by atoms with E-state index >= 15 is 0 Å². The molecule has 12 aromatic rings. The summed E-state index contributed by atoms with van der Waals surface area (Å²) < 4.78 is 4.84. The van der Waals surface area contributed by atoms with Crippen molar-refractivity contribution in [2.24, 2.45) is 0 Å². The van der Waals surface area contributed by atoms with Gasteiger partial charge in [-0.15, -0.1) is 0 Å². The molecule has 0 fully saturated rings. The summed E-state index contributed by atoms with van der Waals surface area (Å²) in [6.45, 7) is 0. The highest BCUT2D eigenvalue weighted by molar-refractivity contribution is 6.17. The van der Waals surface area contributed by atoms with Crippen LogP contribution >= 0.6 is 0 Å². The highest BCUT2D eigenvalue weighted by atomic mass is 15.2. The number of benzene rings is 10. The zero-order valence-corrected chi connectivity index (χ0v) is 38.4. The summed E-state index contributed by atoms with van der Waals surface area (Å²) in [6, 6.07) is 87.8. The summed E-state index contributed by atoms with van der Waals surface area (Å²) in [7, 11) is 0. The minimum Gasteiger partial charge on any atom is -0.309 e. The number of para-hydroxylation sites is 4. The number of hydrogen-bond acceptors (Lipinski definition) is 1. The Kier molecular flexibility index (Phi) is 8.40. The number of hydrogen-bond donors (Lipinski definition) is 0. The molecule has 328 valence electrons. The van der Waals surface area contributed by atoms with Crippen LogP contribution in [0, 0.1) is 0 Å². The second kappa shape index (κ2) is 15.0. The molecule has 0 amide bonds. The quantitative estimate of drug-likeness (QED) is 0.162. The Labute approximate surface area is 406 Å². The molecule has 2 aromatic heterocycles. The molecule has 0 saturated heterocycles. The molecule has 3 heteroatoms. The summed E-state index contributed by atoms with van der Waals surface area (Å²) in [4.78, 5) is 2.59. The standard InChI is InChI=1S/C67H45N3/c1-2-18-46(19-3-1)69-61-32-15-9-25-54(61)66-63(69)34-17-35-64(66)70(48-42-38-45(39-43-48)44-36-40-47(41-37-44)68-59-30-13-7-22-51(59)52-23-8-14-31-60(52)68)62-33-16-29-58-65(62)53-24-6-12-28-57(53)67(58)55-26-10-4-20-49(55)50-21-5-11-27-56(50)67/h1-38,40-43,45H,39H2. The maximum absolute atomic E-state index is 2.59. The van der Waals surface area contributed by atoms with Gasteiger partial charge in [0.15, 0.2) is 0 Å². The molecule has 1 unspecified atom stereocenters. The smallest absolute Gasteiger partial charge is 0.0726 e. The highest BCUT2D eigenvalue weighted by Gasteiger charge is 2.52. The van der Waals surface area contributed by atoms with Crippen molar-refractivity contribution < 1.29 is 0 Å². The molecule has 1 spiro atoms. The molecule has 0 radical (unpaired) electrons. The van der Waals surface area contributed by atoms with Gasteiger partial charge in [-0.3, -0.25) is 0 Å². The first-order valence-corrected chi connectivity index (χ1v) is 24.5. The first kappa shape index (κ1) is 39.1. The molecule has 1 atom stereocenters. The fraction of sp³-hybridized carbons (Fsp3) is 0.0448.